The van der Waals surface area contributed by atoms with E-state index in [-0.39, 0.29) is 26.1 Å². The minimum Gasteiger partial charge on any atom is -0.756 e. The number of phosphoric acid groups is 1. The maximum absolute atomic E-state index is 12.8. The number of hydrogen-bond acceptors (Lipinski definition) is 8. The molecule has 0 radical (unpaired) electrons. The number of likely N-dealkylation sites (N-methyl/N-ethyl adjacent to an activating group) is 1. The zero-order chi connectivity index (χ0) is 52.7. The van der Waals surface area contributed by atoms with Gasteiger partial charge in [0.25, 0.3) is 7.82 Å². The highest BCUT2D eigenvalue weighted by atomic mass is 31.2. The van der Waals surface area contributed by atoms with Crippen LogP contribution < -0.4 is 4.89 Å². The number of rotatable bonds is 53. The van der Waals surface area contributed by atoms with Crippen LogP contribution in [-0.4, -0.2) is 70.0 Å². The highest BCUT2D eigenvalue weighted by molar-refractivity contribution is 7.45. The van der Waals surface area contributed by atoms with Crippen LogP contribution in [0.15, 0.2) is 85.1 Å². The summed E-state index contributed by atoms with van der Waals surface area (Å²) in [6.07, 6.45) is 70.7. The third-order valence-corrected chi connectivity index (χ3v) is 13.4. The van der Waals surface area contributed by atoms with E-state index in [1.807, 2.05) is 21.1 Å². The van der Waals surface area contributed by atoms with Crippen LogP contribution in [0.3, 0.4) is 0 Å². The minimum absolute atomic E-state index is 0.0352. The molecule has 0 rings (SSSR count). The highest BCUT2D eigenvalue weighted by Crippen LogP contribution is 2.38. The molecular formula is C62H110NO8P. The van der Waals surface area contributed by atoms with Gasteiger partial charge in [-0.25, -0.2) is 0 Å². The quantitative estimate of drug-likeness (QED) is 0.0195. The van der Waals surface area contributed by atoms with Gasteiger partial charge in [0.2, 0.25) is 0 Å². The van der Waals surface area contributed by atoms with Gasteiger partial charge in [-0.3, -0.25) is 14.2 Å². The van der Waals surface area contributed by atoms with E-state index in [2.05, 4.69) is 98.9 Å². The largest absolute Gasteiger partial charge is 0.756 e. The van der Waals surface area contributed by atoms with Gasteiger partial charge in [-0.05, 0) is 89.9 Å². The van der Waals surface area contributed by atoms with Gasteiger partial charge >= 0.3 is 11.9 Å². The predicted octanol–water partition coefficient (Wildman–Crippen LogP) is 17.6. The molecule has 0 fully saturated rings. The lowest BCUT2D eigenvalue weighted by molar-refractivity contribution is -0.870. The maximum Gasteiger partial charge on any atom is 0.306 e. The number of esters is 2. The topological polar surface area (TPSA) is 111 Å². The average molecular weight is 1030 g/mol. The van der Waals surface area contributed by atoms with E-state index in [0.29, 0.717) is 23.9 Å². The number of hydrogen-bond donors (Lipinski definition) is 0. The summed E-state index contributed by atoms with van der Waals surface area (Å²) in [6.45, 7) is 4.09. The molecule has 0 bridgehead atoms. The first kappa shape index (κ1) is 69.2. The lowest BCUT2D eigenvalue weighted by atomic mass is 10.0. The molecule has 0 saturated carbocycles. The van der Waals surface area contributed by atoms with Crippen LogP contribution in [0.4, 0.5) is 0 Å². The van der Waals surface area contributed by atoms with E-state index in [4.69, 9.17) is 18.5 Å². The molecule has 0 spiro atoms. The third-order valence-electron chi connectivity index (χ3n) is 12.4. The number of allylic oxidation sites excluding steroid dienone is 14. The summed E-state index contributed by atoms with van der Waals surface area (Å²) in [6, 6.07) is 0. The van der Waals surface area contributed by atoms with Crippen LogP contribution in [0.5, 0.6) is 0 Å². The van der Waals surface area contributed by atoms with Crippen LogP contribution >= 0.6 is 7.82 Å². The monoisotopic (exact) mass is 1030 g/mol. The van der Waals surface area contributed by atoms with Crippen molar-refractivity contribution >= 4 is 19.8 Å². The molecule has 0 saturated heterocycles. The molecule has 0 aromatic rings. The fourth-order valence-corrected chi connectivity index (χ4v) is 8.62. The molecule has 2 atom stereocenters. The average Bonchev–Trinajstić information content (AvgIpc) is 3.34. The molecule has 0 heterocycles. The number of ether oxygens (including phenoxy) is 2. The fraction of sp³-hybridized carbons (Fsp3) is 0.742. The Morgan fingerprint density at radius 1 is 0.444 bits per heavy atom. The SMILES string of the molecule is CC/C=C\C/C=C\C/C=C\C/C=C\C/C=C\CCCCCCCCCCCCCCCCCCCC(=O)OC(COC(=O)CCCCCCC/C=C\C/C=C\CCCCC)COP(=O)([O-])OCC[N+](C)(C)C. The van der Waals surface area contributed by atoms with Gasteiger partial charge in [0, 0.05) is 12.8 Å². The van der Waals surface area contributed by atoms with Gasteiger partial charge in [-0.2, -0.15) is 0 Å². The van der Waals surface area contributed by atoms with Crippen molar-refractivity contribution in [2.24, 2.45) is 0 Å². The lowest BCUT2D eigenvalue weighted by Crippen LogP contribution is -2.37. The smallest absolute Gasteiger partial charge is 0.306 e. The first-order chi connectivity index (χ1) is 35.0. The second-order valence-corrected chi connectivity index (χ2v) is 22.0. The van der Waals surface area contributed by atoms with E-state index in [1.165, 1.54) is 116 Å². The first-order valence-corrected chi connectivity index (χ1v) is 30.8. The number of unbranched alkanes of at least 4 members (excludes halogenated alkanes) is 25. The van der Waals surface area contributed by atoms with Crippen molar-refractivity contribution in [3.05, 3.63) is 85.1 Å². The van der Waals surface area contributed by atoms with Gasteiger partial charge < -0.3 is 27.9 Å². The zero-order valence-electron chi connectivity index (χ0n) is 47.1. The summed E-state index contributed by atoms with van der Waals surface area (Å²) in [4.78, 5) is 37.8. The molecule has 0 N–H and O–H groups in total. The Labute approximate surface area is 443 Å². The molecule has 72 heavy (non-hydrogen) atoms. The number of carbonyl (C=O) groups is 2. The normalized spacial score (nSPS) is 13.9. The predicted molar refractivity (Wildman–Crippen MR) is 305 cm³/mol. The Morgan fingerprint density at radius 3 is 1.18 bits per heavy atom. The molecule has 416 valence electrons. The van der Waals surface area contributed by atoms with Crippen molar-refractivity contribution in [3.8, 4) is 0 Å². The van der Waals surface area contributed by atoms with Gasteiger partial charge in [0.05, 0.1) is 27.7 Å². The first-order valence-electron chi connectivity index (χ1n) is 29.3. The fourth-order valence-electron chi connectivity index (χ4n) is 7.89. The van der Waals surface area contributed by atoms with E-state index in [0.717, 1.165) is 89.9 Å². The number of quaternary nitrogens is 1. The van der Waals surface area contributed by atoms with Crippen LogP contribution in [0.2, 0.25) is 0 Å². The highest BCUT2D eigenvalue weighted by Gasteiger charge is 2.22. The van der Waals surface area contributed by atoms with E-state index < -0.39 is 32.5 Å². The van der Waals surface area contributed by atoms with Crippen molar-refractivity contribution in [2.75, 3.05) is 47.5 Å². The summed E-state index contributed by atoms with van der Waals surface area (Å²) >= 11 is 0. The van der Waals surface area contributed by atoms with Gasteiger partial charge in [-0.15, -0.1) is 0 Å². The Bertz CT molecular complexity index is 1490. The van der Waals surface area contributed by atoms with Crippen molar-refractivity contribution in [2.45, 2.75) is 251 Å². The molecule has 0 aliphatic rings. The Morgan fingerprint density at radius 2 is 0.792 bits per heavy atom. The summed E-state index contributed by atoms with van der Waals surface area (Å²) in [5.74, 6) is -0.847. The van der Waals surface area contributed by atoms with E-state index >= 15 is 0 Å². The molecule has 0 aliphatic heterocycles. The number of carbonyl (C=O) groups excluding carboxylic acids is 2. The van der Waals surface area contributed by atoms with Crippen LogP contribution in [0.1, 0.15) is 245 Å². The van der Waals surface area contributed by atoms with Crippen molar-refractivity contribution < 1.29 is 42.1 Å². The molecule has 0 aliphatic carbocycles. The maximum atomic E-state index is 12.8. The molecule has 0 aromatic carbocycles. The molecule has 10 heteroatoms. The van der Waals surface area contributed by atoms with E-state index in [1.54, 1.807) is 0 Å². The zero-order valence-corrected chi connectivity index (χ0v) is 48.0. The molecular weight excluding hydrogens is 918 g/mol. The molecule has 9 nitrogen and oxygen atoms in total. The third kappa shape index (κ3) is 56.5. The second kappa shape index (κ2) is 53.0. The molecule has 0 aromatic heterocycles. The second-order valence-electron chi connectivity index (χ2n) is 20.6. The summed E-state index contributed by atoms with van der Waals surface area (Å²) in [5.41, 5.74) is 0. The Kier molecular flexibility index (Phi) is 51.0. The summed E-state index contributed by atoms with van der Waals surface area (Å²) < 4.78 is 34.1. The Hall–Kier alpha value is -2.81. The van der Waals surface area contributed by atoms with Gasteiger partial charge in [-0.1, -0.05) is 227 Å². The van der Waals surface area contributed by atoms with Crippen molar-refractivity contribution in [1.29, 1.82) is 0 Å². The Balaban J connectivity index is 4.07. The number of nitrogens with zero attached hydrogens (tertiary/aromatic N) is 1. The van der Waals surface area contributed by atoms with Gasteiger partial charge in [0.15, 0.2) is 6.10 Å². The van der Waals surface area contributed by atoms with Crippen molar-refractivity contribution in [3.63, 3.8) is 0 Å². The van der Waals surface area contributed by atoms with Crippen LogP contribution in [0.25, 0.3) is 0 Å². The minimum atomic E-state index is -4.64. The summed E-state index contributed by atoms with van der Waals surface area (Å²) in [7, 11) is 1.16. The standard InChI is InChI=1S/C62H110NO8P/c1-6-8-10-12-14-16-18-20-22-23-24-25-26-27-28-29-30-31-32-33-34-35-36-37-38-39-41-43-45-47-49-51-53-55-62(65)71-60(59-70-72(66,67)69-57-56-63(3,4)5)58-68-61(64)54-52-50-48-46-44-42-40-21-19-17-15-13-11-9-7-2/h8,10,14-17,20-22,24-25,27-28,40,60H,6-7,9,11-13,18-19,23,26,29-39,41-59H2,1-5H3/b10-8-,16-14-,17-15-,22-20-,25-24-,28-27-,40-21-. The van der Waals surface area contributed by atoms with Crippen LogP contribution in [0, 0.1) is 0 Å². The lowest BCUT2D eigenvalue weighted by Gasteiger charge is -2.28. The van der Waals surface area contributed by atoms with Crippen LogP contribution in [-0.2, 0) is 32.7 Å². The van der Waals surface area contributed by atoms with Crippen molar-refractivity contribution in [1.82, 2.24) is 0 Å². The molecule has 2 unspecified atom stereocenters. The number of phosphoric ester groups is 1. The van der Waals surface area contributed by atoms with Gasteiger partial charge in [0.1, 0.15) is 19.8 Å². The molecule has 0 amide bonds. The van der Waals surface area contributed by atoms with E-state index in [9.17, 15) is 19.0 Å². The summed E-state index contributed by atoms with van der Waals surface area (Å²) in [5, 5.41) is 0.